The maximum Gasteiger partial charge on any atom is 0.245 e. The SMILES string of the molecule is C[C@H]1C(=O)N2CCC[C@H]2CN1c1ncc(Cl)cn1. The van der Waals surface area contributed by atoms with Gasteiger partial charge in [0.1, 0.15) is 6.04 Å². The molecule has 0 saturated carbocycles. The van der Waals surface area contributed by atoms with Crippen molar-refractivity contribution in [2.24, 2.45) is 0 Å². The topological polar surface area (TPSA) is 49.3 Å². The molecule has 1 amide bonds. The first-order chi connectivity index (χ1) is 8.66. The monoisotopic (exact) mass is 266 g/mol. The number of nitrogens with zero attached hydrogens (tertiary/aromatic N) is 4. The van der Waals surface area contributed by atoms with Crippen molar-refractivity contribution in [3.8, 4) is 0 Å². The molecule has 18 heavy (non-hydrogen) atoms. The lowest BCUT2D eigenvalue weighted by Crippen LogP contribution is -2.59. The van der Waals surface area contributed by atoms with Gasteiger partial charge in [0.2, 0.25) is 11.9 Å². The first kappa shape index (κ1) is 11.7. The number of carbonyl (C=O) groups is 1. The van der Waals surface area contributed by atoms with Gasteiger partial charge in [-0.1, -0.05) is 11.6 Å². The number of fused-ring (bicyclic) bond motifs is 1. The summed E-state index contributed by atoms with van der Waals surface area (Å²) in [6.45, 7) is 3.62. The number of carbonyl (C=O) groups excluding carboxylic acids is 1. The Hall–Kier alpha value is -1.36. The molecule has 0 N–H and O–H groups in total. The second kappa shape index (κ2) is 4.39. The summed E-state index contributed by atoms with van der Waals surface area (Å²) in [6, 6.07) is 0.119. The lowest BCUT2D eigenvalue weighted by atomic mass is 10.1. The lowest BCUT2D eigenvalue weighted by molar-refractivity contribution is -0.134. The molecule has 0 unspecified atom stereocenters. The zero-order valence-corrected chi connectivity index (χ0v) is 11.0. The lowest BCUT2D eigenvalue weighted by Gasteiger charge is -2.41. The van der Waals surface area contributed by atoms with Crippen LogP contribution in [-0.2, 0) is 4.79 Å². The Morgan fingerprint density at radius 1 is 1.33 bits per heavy atom. The van der Waals surface area contributed by atoms with Gasteiger partial charge in [0.05, 0.1) is 17.4 Å². The number of hydrogen-bond donors (Lipinski definition) is 0. The summed E-state index contributed by atoms with van der Waals surface area (Å²) in [5, 5.41) is 0.511. The predicted octanol–water partition coefficient (Wildman–Crippen LogP) is 1.33. The van der Waals surface area contributed by atoms with Crippen LogP contribution in [0, 0.1) is 0 Å². The van der Waals surface area contributed by atoms with Gasteiger partial charge < -0.3 is 9.80 Å². The Morgan fingerprint density at radius 2 is 2.06 bits per heavy atom. The highest BCUT2D eigenvalue weighted by Crippen LogP contribution is 2.27. The molecule has 2 saturated heterocycles. The van der Waals surface area contributed by atoms with Gasteiger partial charge in [-0.05, 0) is 19.8 Å². The van der Waals surface area contributed by atoms with Gasteiger partial charge in [0, 0.05) is 19.1 Å². The highest BCUT2D eigenvalue weighted by Gasteiger charge is 2.41. The fraction of sp³-hybridized carbons (Fsp3) is 0.583. The molecule has 0 spiro atoms. The number of rotatable bonds is 1. The maximum absolute atomic E-state index is 12.3. The van der Waals surface area contributed by atoms with Crippen molar-refractivity contribution in [1.29, 1.82) is 0 Å². The zero-order chi connectivity index (χ0) is 12.7. The number of hydrogen-bond acceptors (Lipinski definition) is 4. The first-order valence-electron chi connectivity index (χ1n) is 6.21. The van der Waals surface area contributed by atoms with Crippen LogP contribution in [0.3, 0.4) is 0 Å². The molecular weight excluding hydrogens is 252 g/mol. The quantitative estimate of drug-likeness (QED) is 0.770. The third kappa shape index (κ3) is 1.82. The third-order valence-electron chi connectivity index (χ3n) is 3.76. The van der Waals surface area contributed by atoms with Crippen LogP contribution in [0.5, 0.6) is 0 Å². The Balaban J connectivity index is 1.88. The second-order valence-corrected chi connectivity index (χ2v) is 5.29. The van der Waals surface area contributed by atoms with E-state index in [-0.39, 0.29) is 11.9 Å². The molecule has 2 aliphatic heterocycles. The van der Waals surface area contributed by atoms with E-state index in [1.54, 1.807) is 12.4 Å². The first-order valence-corrected chi connectivity index (χ1v) is 6.59. The summed E-state index contributed by atoms with van der Waals surface area (Å²) in [5.74, 6) is 0.772. The highest BCUT2D eigenvalue weighted by molar-refractivity contribution is 6.30. The molecule has 2 aliphatic rings. The minimum Gasteiger partial charge on any atom is -0.336 e. The van der Waals surface area contributed by atoms with E-state index in [4.69, 9.17) is 11.6 Å². The average molecular weight is 267 g/mol. The second-order valence-electron chi connectivity index (χ2n) is 4.86. The maximum atomic E-state index is 12.3. The van der Waals surface area contributed by atoms with Crippen LogP contribution in [0.4, 0.5) is 5.95 Å². The van der Waals surface area contributed by atoms with E-state index in [0.29, 0.717) is 17.0 Å². The van der Waals surface area contributed by atoms with Crippen molar-refractivity contribution in [3.63, 3.8) is 0 Å². The molecule has 1 aromatic heterocycles. The van der Waals surface area contributed by atoms with Crippen LogP contribution in [0.15, 0.2) is 12.4 Å². The molecule has 2 fully saturated rings. The van der Waals surface area contributed by atoms with Crippen molar-refractivity contribution >= 4 is 23.5 Å². The van der Waals surface area contributed by atoms with E-state index in [1.807, 2.05) is 16.7 Å². The third-order valence-corrected chi connectivity index (χ3v) is 3.95. The Morgan fingerprint density at radius 3 is 2.78 bits per heavy atom. The highest BCUT2D eigenvalue weighted by atomic mass is 35.5. The van der Waals surface area contributed by atoms with Crippen LogP contribution in [0.1, 0.15) is 19.8 Å². The molecule has 1 aromatic rings. The van der Waals surface area contributed by atoms with E-state index in [9.17, 15) is 4.79 Å². The molecule has 96 valence electrons. The molecule has 0 aromatic carbocycles. The minimum atomic E-state index is -0.194. The van der Waals surface area contributed by atoms with Crippen LogP contribution < -0.4 is 4.90 Å². The molecule has 0 aliphatic carbocycles. The van der Waals surface area contributed by atoms with Crippen LogP contribution in [-0.4, -0.2) is 45.9 Å². The van der Waals surface area contributed by atoms with Crippen LogP contribution >= 0.6 is 11.6 Å². The van der Waals surface area contributed by atoms with E-state index >= 15 is 0 Å². The van der Waals surface area contributed by atoms with Gasteiger partial charge in [-0.3, -0.25) is 4.79 Å². The van der Waals surface area contributed by atoms with E-state index in [2.05, 4.69) is 9.97 Å². The van der Waals surface area contributed by atoms with Crippen molar-refractivity contribution in [2.45, 2.75) is 31.8 Å². The van der Waals surface area contributed by atoms with Gasteiger partial charge in [-0.15, -0.1) is 0 Å². The Labute approximate surface area is 111 Å². The molecule has 0 radical (unpaired) electrons. The van der Waals surface area contributed by atoms with Crippen molar-refractivity contribution < 1.29 is 4.79 Å². The van der Waals surface area contributed by atoms with Crippen molar-refractivity contribution in [3.05, 3.63) is 17.4 Å². The largest absolute Gasteiger partial charge is 0.336 e. The normalized spacial score (nSPS) is 27.6. The van der Waals surface area contributed by atoms with Crippen molar-refractivity contribution in [1.82, 2.24) is 14.9 Å². The fourth-order valence-corrected chi connectivity index (χ4v) is 2.88. The molecule has 5 nitrogen and oxygen atoms in total. The van der Waals surface area contributed by atoms with E-state index < -0.39 is 0 Å². The minimum absolute atomic E-state index is 0.183. The predicted molar refractivity (Wildman–Crippen MR) is 68.6 cm³/mol. The standard InChI is InChI=1S/C12H15ClN4O/c1-8-11(18)16-4-2-3-10(16)7-17(8)12-14-5-9(13)6-15-12/h5-6,8,10H,2-4,7H2,1H3/t8-,10-/m0/s1. The number of aromatic nitrogens is 2. The number of anilines is 1. The number of halogens is 1. The van der Waals surface area contributed by atoms with Crippen LogP contribution in [0.25, 0.3) is 0 Å². The summed E-state index contributed by atoms with van der Waals surface area (Å²) >= 11 is 5.79. The molecule has 3 heterocycles. The molecule has 2 atom stereocenters. The molecular formula is C12H15ClN4O. The van der Waals surface area contributed by atoms with Gasteiger partial charge in [0.25, 0.3) is 0 Å². The van der Waals surface area contributed by atoms with Gasteiger partial charge in [-0.25, -0.2) is 9.97 Å². The van der Waals surface area contributed by atoms with Gasteiger partial charge >= 0.3 is 0 Å². The summed E-state index contributed by atoms with van der Waals surface area (Å²) in [4.78, 5) is 24.7. The van der Waals surface area contributed by atoms with Crippen LogP contribution in [0.2, 0.25) is 5.02 Å². The summed E-state index contributed by atoms with van der Waals surface area (Å²) < 4.78 is 0. The number of piperazine rings is 1. The number of amides is 1. The van der Waals surface area contributed by atoms with E-state index in [1.165, 1.54) is 0 Å². The smallest absolute Gasteiger partial charge is 0.245 e. The molecule has 6 heteroatoms. The average Bonchev–Trinajstić information content (AvgIpc) is 2.83. The fourth-order valence-electron chi connectivity index (χ4n) is 2.78. The molecule has 3 rings (SSSR count). The summed E-state index contributed by atoms with van der Waals surface area (Å²) in [5.41, 5.74) is 0. The Bertz CT molecular complexity index is 464. The summed E-state index contributed by atoms with van der Waals surface area (Å²) in [7, 11) is 0. The summed E-state index contributed by atoms with van der Waals surface area (Å²) in [6.07, 6.45) is 5.31. The van der Waals surface area contributed by atoms with Crippen molar-refractivity contribution in [2.75, 3.05) is 18.0 Å². The molecule has 0 bridgehead atoms. The van der Waals surface area contributed by atoms with Gasteiger partial charge in [0.15, 0.2) is 0 Å². The van der Waals surface area contributed by atoms with Gasteiger partial charge in [-0.2, -0.15) is 0 Å². The Kier molecular flexibility index (Phi) is 2.86. The zero-order valence-electron chi connectivity index (χ0n) is 10.2. The van der Waals surface area contributed by atoms with E-state index in [0.717, 1.165) is 25.9 Å².